The number of benzene rings is 1. The number of fused-ring (bicyclic) bond motifs is 3. The molecule has 1 aliphatic rings. The average Bonchev–Trinajstić information content (AvgIpc) is 2.66. The molecule has 0 N–H and O–H groups in total. The van der Waals surface area contributed by atoms with Crippen LogP contribution >= 0.6 is 11.3 Å². The molecule has 2 aromatic rings. The quantitative estimate of drug-likeness (QED) is 0.652. The van der Waals surface area contributed by atoms with Gasteiger partial charge in [-0.2, -0.15) is 0 Å². The van der Waals surface area contributed by atoms with Crippen molar-refractivity contribution in [2.45, 2.75) is 26.7 Å². The van der Waals surface area contributed by atoms with Gasteiger partial charge in [0.2, 0.25) is 0 Å². The summed E-state index contributed by atoms with van der Waals surface area (Å²) in [5, 5.41) is 1.46. The van der Waals surface area contributed by atoms with E-state index in [1.807, 2.05) is 11.3 Å². The maximum absolute atomic E-state index is 2.44. The molecule has 16 heavy (non-hydrogen) atoms. The molecule has 82 valence electrons. The maximum atomic E-state index is 2.44. The van der Waals surface area contributed by atoms with Crippen molar-refractivity contribution in [3.05, 3.63) is 40.8 Å². The van der Waals surface area contributed by atoms with Gasteiger partial charge in [0.15, 0.2) is 0 Å². The molecule has 0 unspecified atom stereocenters. The molecular weight excluding hydrogens is 212 g/mol. The first-order valence-electron chi connectivity index (χ1n) is 5.98. The molecule has 1 aromatic carbocycles. The molecule has 0 nitrogen and oxygen atoms in total. The van der Waals surface area contributed by atoms with Crippen molar-refractivity contribution in [2.24, 2.45) is 5.92 Å². The lowest BCUT2D eigenvalue weighted by Gasteiger charge is -2.17. The molecule has 0 fully saturated rings. The first-order valence-corrected chi connectivity index (χ1v) is 6.80. The molecule has 1 aliphatic carbocycles. The third-order valence-electron chi connectivity index (χ3n) is 3.31. The second-order valence-corrected chi connectivity index (χ2v) is 5.89. The number of hydrogen-bond donors (Lipinski definition) is 0. The monoisotopic (exact) mass is 228 g/mol. The van der Waals surface area contributed by atoms with Gasteiger partial charge in [-0.25, -0.2) is 0 Å². The van der Waals surface area contributed by atoms with E-state index in [1.54, 1.807) is 16.0 Å². The van der Waals surface area contributed by atoms with E-state index < -0.39 is 0 Å². The van der Waals surface area contributed by atoms with Gasteiger partial charge >= 0.3 is 0 Å². The minimum absolute atomic E-state index is 0.636. The Bertz CT molecular complexity index is 558. The highest BCUT2D eigenvalue weighted by molar-refractivity contribution is 7.19. The Morgan fingerprint density at radius 2 is 2.00 bits per heavy atom. The zero-order chi connectivity index (χ0) is 11.1. The Hall–Kier alpha value is -1.08. The summed E-state index contributed by atoms with van der Waals surface area (Å²) in [7, 11) is 0. The van der Waals surface area contributed by atoms with Crippen LogP contribution in [0.15, 0.2) is 30.3 Å². The Morgan fingerprint density at radius 3 is 2.81 bits per heavy atom. The van der Waals surface area contributed by atoms with Gasteiger partial charge in [0, 0.05) is 15.0 Å². The van der Waals surface area contributed by atoms with Gasteiger partial charge in [-0.15, -0.1) is 11.3 Å². The molecule has 0 bridgehead atoms. The third kappa shape index (κ3) is 1.42. The molecule has 1 aromatic heterocycles. The second-order valence-electron chi connectivity index (χ2n) is 4.75. The summed E-state index contributed by atoms with van der Waals surface area (Å²) in [6.45, 7) is 4.60. The molecule has 0 spiro atoms. The molecule has 1 heteroatoms. The lowest BCUT2D eigenvalue weighted by Crippen LogP contribution is -2.01. The standard InChI is InChI=1S/C15H16S/c1-10(2)11-7-5-9-14-15(11)12-6-3-4-8-13(12)16-14/h3-4,6-8,10H,5,9H2,1-2H3. The maximum Gasteiger partial charge on any atom is 0.0352 e. The van der Waals surface area contributed by atoms with Crippen LogP contribution in [0.1, 0.15) is 30.7 Å². The first kappa shape index (κ1) is 10.1. The average molecular weight is 228 g/mol. The van der Waals surface area contributed by atoms with Crippen molar-refractivity contribution < 1.29 is 0 Å². The van der Waals surface area contributed by atoms with Gasteiger partial charge in [0.05, 0.1) is 0 Å². The molecule has 1 heterocycles. The van der Waals surface area contributed by atoms with Gasteiger partial charge in [0.25, 0.3) is 0 Å². The molecular formula is C15H16S. The van der Waals surface area contributed by atoms with E-state index in [9.17, 15) is 0 Å². The summed E-state index contributed by atoms with van der Waals surface area (Å²) in [5.41, 5.74) is 3.10. The zero-order valence-corrected chi connectivity index (χ0v) is 10.6. The highest BCUT2D eigenvalue weighted by Crippen LogP contribution is 2.41. The van der Waals surface area contributed by atoms with Gasteiger partial charge in [-0.1, -0.05) is 38.1 Å². The van der Waals surface area contributed by atoms with Crippen LogP contribution in [0.5, 0.6) is 0 Å². The highest BCUT2D eigenvalue weighted by Gasteiger charge is 2.20. The SMILES string of the molecule is CC(C)C1=CCCc2sc3ccccc3c21. The Balaban J connectivity index is 2.31. The summed E-state index contributed by atoms with van der Waals surface area (Å²) in [6, 6.07) is 8.81. The van der Waals surface area contributed by atoms with Crippen LogP contribution in [-0.4, -0.2) is 0 Å². The van der Waals surface area contributed by atoms with Crippen molar-refractivity contribution in [1.82, 2.24) is 0 Å². The van der Waals surface area contributed by atoms with Crippen LogP contribution in [-0.2, 0) is 6.42 Å². The largest absolute Gasteiger partial charge is 0.140 e. The second kappa shape index (κ2) is 3.74. The summed E-state index contributed by atoms with van der Waals surface area (Å²) < 4.78 is 1.45. The van der Waals surface area contributed by atoms with E-state index in [1.165, 1.54) is 22.9 Å². The fourth-order valence-corrected chi connectivity index (χ4v) is 3.82. The van der Waals surface area contributed by atoms with Crippen molar-refractivity contribution in [1.29, 1.82) is 0 Å². The Labute approximate surface area is 101 Å². The summed E-state index contributed by atoms with van der Waals surface area (Å²) in [6.07, 6.45) is 4.88. The van der Waals surface area contributed by atoms with E-state index in [4.69, 9.17) is 0 Å². The van der Waals surface area contributed by atoms with Gasteiger partial charge < -0.3 is 0 Å². The van der Waals surface area contributed by atoms with Crippen LogP contribution in [0.25, 0.3) is 15.7 Å². The van der Waals surface area contributed by atoms with Crippen LogP contribution in [0.3, 0.4) is 0 Å². The highest BCUT2D eigenvalue weighted by atomic mass is 32.1. The van der Waals surface area contributed by atoms with E-state index in [0.717, 1.165) is 0 Å². The van der Waals surface area contributed by atoms with E-state index in [-0.39, 0.29) is 0 Å². The van der Waals surface area contributed by atoms with E-state index >= 15 is 0 Å². The van der Waals surface area contributed by atoms with Crippen molar-refractivity contribution in [2.75, 3.05) is 0 Å². The lowest BCUT2D eigenvalue weighted by atomic mass is 9.88. The minimum atomic E-state index is 0.636. The number of allylic oxidation sites excluding steroid dienone is 2. The van der Waals surface area contributed by atoms with Gasteiger partial charge in [-0.05, 0) is 36.0 Å². The molecule has 0 aliphatic heterocycles. The topological polar surface area (TPSA) is 0 Å². The number of hydrogen-bond acceptors (Lipinski definition) is 1. The zero-order valence-electron chi connectivity index (χ0n) is 9.79. The molecule has 3 rings (SSSR count). The lowest BCUT2D eigenvalue weighted by molar-refractivity contribution is 0.836. The fourth-order valence-electron chi connectivity index (χ4n) is 2.57. The molecule has 0 amide bonds. The predicted octanol–water partition coefficient (Wildman–Crippen LogP) is 4.89. The Morgan fingerprint density at radius 1 is 1.19 bits per heavy atom. The predicted molar refractivity (Wildman–Crippen MR) is 73.0 cm³/mol. The molecule has 0 saturated carbocycles. The number of rotatable bonds is 1. The first-order chi connectivity index (χ1) is 7.77. The Kier molecular flexibility index (Phi) is 2.36. The van der Waals surface area contributed by atoms with Crippen LogP contribution in [0.4, 0.5) is 0 Å². The summed E-state index contributed by atoms with van der Waals surface area (Å²) in [4.78, 5) is 1.59. The van der Waals surface area contributed by atoms with Crippen LogP contribution in [0.2, 0.25) is 0 Å². The van der Waals surface area contributed by atoms with Gasteiger partial charge in [0.1, 0.15) is 0 Å². The minimum Gasteiger partial charge on any atom is -0.140 e. The van der Waals surface area contributed by atoms with Crippen molar-refractivity contribution in [3.8, 4) is 0 Å². The van der Waals surface area contributed by atoms with Crippen molar-refractivity contribution in [3.63, 3.8) is 0 Å². The summed E-state index contributed by atoms with van der Waals surface area (Å²) >= 11 is 1.98. The van der Waals surface area contributed by atoms with E-state index in [0.29, 0.717) is 5.92 Å². The normalized spacial score (nSPS) is 15.3. The fraction of sp³-hybridized carbons (Fsp3) is 0.333. The summed E-state index contributed by atoms with van der Waals surface area (Å²) in [5.74, 6) is 0.636. The van der Waals surface area contributed by atoms with E-state index in [2.05, 4.69) is 44.2 Å². The molecule has 0 saturated heterocycles. The molecule has 0 atom stereocenters. The third-order valence-corrected chi connectivity index (χ3v) is 4.55. The van der Waals surface area contributed by atoms with Crippen LogP contribution < -0.4 is 0 Å². The number of thiophene rings is 1. The van der Waals surface area contributed by atoms with Crippen molar-refractivity contribution >= 4 is 27.0 Å². The van der Waals surface area contributed by atoms with Gasteiger partial charge in [-0.3, -0.25) is 0 Å². The number of aryl methyl sites for hydroxylation is 1. The molecule has 0 radical (unpaired) electrons. The smallest absolute Gasteiger partial charge is 0.0352 e. The van der Waals surface area contributed by atoms with Crippen LogP contribution in [0, 0.1) is 5.92 Å².